The van der Waals surface area contributed by atoms with Crippen molar-refractivity contribution in [1.29, 1.82) is 0 Å². The van der Waals surface area contributed by atoms with Crippen LogP contribution in [0.15, 0.2) is 0 Å². The van der Waals surface area contributed by atoms with Gasteiger partial charge >= 0.3 is 5.97 Å². The molecule has 88 valence electrons. The maximum atomic E-state index is 11.1. The van der Waals surface area contributed by atoms with E-state index in [2.05, 4.69) is 0 Å². The molecule has 0 amide bonds. The first-order valence-corrected chi connectivity index (χ1v) is 5.15. The van der Waals surface area contributed by atoms with Crippen LogP contribution in [-0.4, -0.2) is 50.2 Å². The van der Waals surface area contributed by atoms with Gasteiger partial charge in [-0.1, -0.05) is 0 Å². The lowest BCUT2D eigenvalue weighted by Crippen LogP contribution is -2.46. The summed E-state index contributed by atoms with van der Waals surface area (Å²) in [5, 5.41) is 9.13. The van der Waals surface area contributed by atoms with E-state index in [-0.39, 0.29) is 0 Å². The van der Waals surface area contributed by atoms with Crippen LogP contribution in [0.1, 0.15) is 19.3 Å². The van der Waals surface area contributed by atoms with Gasteiger partial charge in [0.2, 0.25) is 0 Å². The van der Waals surface area contributed by atoms with Crippen LogP contribution < -0.4 is 0 Å². The largest absolute Gasteiger partial charge is 0.479 e. The molecule has 0 spiro atoms. The molecule has 0 unspecified atom stereocenters. The normalized spacial score (nSPS) is 20.1. The number of carboxylic acids is 1. The van der Waals surface area contributed by atoms with Gasteiger partial charge in [-0.25, -0.2) is 4.79 Å². The van der Waals surface area contributed by atoms with Crippen molar-refractivity contribution in [2.45, 2.75) is 24.9 Å². The molecule has 1 aliphatic heterocycles. The quantitative estimate of drug-likeness (QED) is 0.664. The van der Waals surface area contributed by atoms with Gasteiger partial charge in [0.15, 0.2) is 5.60 Å². The second-order valence-electron chi connectivity index (χ2n) is 3.61. The standard InChI is InChI=1S/C10H18O5/c1-13-5-2-6-15-10(9(11)12)3-7-14-8-4-10/h2-8H2,1H3,(H,11,12). The van der Waals surface area contributed by atoms with Crippen molar-refractivity contribution in [2.75, 3.05) is 33.5 Å². The van der Waals surface area contributed by atoms with Crippen LogP contribution in [0.3, 0.4) is 0 Å². The van der Waals surface area contributed by atoms with Gasteiger partial charge in [0.1, 0.15) is 0 Å². The predicted molar refractivity (Wildman–Crippen MR) is 52.9 cm³/mol. The average molecular weight is 218 g/mol. The molecule has 0 aromatic carbocycles. The smallest absolute Gasteiger partial charge is 0.336 e. The Balaban J connectivity index is 2.39. The van der Waals surface area contributed by atoms with Crippen molar-refractivity contribution < 1.29 is 24.1 Å². The first kappa shape index (κ1) is 12.4. The second kappa shape index (κ2) is 6.05. The third-order valence-corrected chi connectivity index (χ3v) is 2.56. The van der Waals surface area contributed by atoms with Crippen LogP contribution >= 0.6 is 0 Å². The molecule has 0 radical (unpaired) electrons. The Hall–Kier alpha value is -0.650. The number of carbonyl (C=O) groups is 1. The van der Waals surface area contributed by atoms with E-state index >= 15 is 0 Å². The molecule has 1 N–H and O–H groups in total. The first-order valence-electron chi connectivity index (χ1n) is 5.15. The Bertz CT molecular complexity index is 198. The van der Waals surface area contributed by atoms with E-state index in [9.17, 15) is 4.79 Å². The fourth-order valence-electron chi connectivity index (χ4n) is 1.59. The summed E-state index contributed by atoms with van der Waals surface area (Å²) in [5.41, 5.74) is -1.04. The van der Waals surface area contributed by atoms with Crippen molar-refractivity contribution in [3.05, 3.63) is 0 Å². The van der Waals surface area contributed by atoms with E-state index in [4.69, 9.17) is 19.3 Å². The molecule has 1 rings (SSSR count). The molecule has 1 heterocycles. The van der Waals surface area contributed by atoms with Crippen LogP contribution in [-0.2, 0) is 19.0 Å². The van der Waals surface area contributed by atoms with Gasteiger partial charge in [0.25, 0.3) is 0 Å². The molecule has 1 fully saturated rings. The van der Waals surface area contributed by atoms with Gasteiger partial charge in [0, 0.05) is 39.8 Å². The van der Waals surface area contributed by atoms with E-state index in [0.29, 0.717) is 45.7 Å². The van der Waals surface area contributed by atoms with Crippen molar-refractivity contribution >= 4 is 5.97 Å². The molecule has 0 saturated carbocycles. The van der Waals surface area contributed by atoms with E-state index < -0.39 is 11.6 Å². The van der Waals surface area contributed by atoms with Gasteiger partial charge in [-0.05, 0) is 6.42 Å². The summed E-state index contributed by atoms with van der Waals surface area (Å²) in [6.07, 6.45) is 1.57. The topological polar surface area (TPSA) is 65.0 Å². The SMILES string of the molecule is COCCCOC1(C(=O)O)CCOCC1. The van der Waals surface area contributed by atoms with Crippen LogP contribution in [0.25, 0.3) is 0 Å². The minimum absolute atomic E-state index is 0.417. The Labute approximate surface area is 89.3 Å². The third-order valence-electron chi connectivity index (χ3n) is 2.56. The average Bonchev–Trinajstić information content (AvgIpc) is 2.26. The van der Waals surface area contributed by atoms with Crippen LogP contribution in [0.5, 0.6) is 0 Å². The van der Waals surface area contributed by atoms with E-state index in [1.54, 1.807) is 7.11 Å². The molecule has 0 aromatic heterocycles. The molecular formula is C10H18O5. The van der Waals surface area contributed by atoms with Crippen LogP contribution in [0, 0.1) is 0 Å². The summed E-state index contributed by atoms with van der Waals surface area (Å²) in [7, 11) is 1.61. The molecule has 1 aliphatic rings. The number of rotatable bonds is 6. The molecule has 15 heavy (non-hydrogen) atoms. The summed E-state index contributed by atoms with van der Waals surface area (Å²) >= 11 is 0. The lowest BCUT2D eigenvalue weighted by atomic mass is 9.94. The zero-order chi connectivity index (χ0) is 11.1. The Kier molecular flexibility index (Phi) is 5.01. The highest BCUT2D eigenvalue weighted by Crippen LogP contribution is 2.25. The second-order valence-corrected chi connectivity index (χ2v) is 3.61. The van der Waals surface area contributed by atoms with Gasteiger partial charge in [-0.15, -0.1) is 0 Å². The third kappa shape index (κ3) is 3.44. The molecule has 5 heteroatoms. The zero-order valence-corrected chi connectivity index (χ0v) is 9.03. The zero-order valence-electron chi connectivity index (χ0n) is 9.03. The Morgan fingerprint density at radius 2 is 2.07 bits per heavy atom. The molecule has 5 nitrogen and oxygen atoms in total. The minimum Gasteiger partial charge on any atom is -0.479 e. The van der Waals surface area contributed by atoms with Crippen molar-refractivity contribution in [3.63, 3.8) is 0 Å². The summed E-state index contributed by atoms with van der Waals surface area (Å²) < 4.78 is 15.5. The van der Waals surface area contributed by atoms with Crippen molar-refractivity contribution in [1.82, 2.24) is 0 Å². The number of ether oxygens (including phenoxy) is 3. The molecule has 1 saturated heterocycles. The first-order chi connectivity index (χ1) is 7.21. The summed E-state index contributed by atoms with van der Waals surface area (Å²) in [6, 6.07) is 0. The maximum Gasteiger partial charge on any atom is 0.336 e. The van der Waals surface area contributed by atoms with Gasteiger partial charge in [0.05, 0.1) is 6.61 Å². The predicted octanol–water partition coefficient (Wildman–Crippen LogP) is 0.673. The molecule has 0 aromatic rings. The fourth-order valence-corrected chi connectivity index (χ4v) is 1.59. The number of hydrogen-bond acceptors (Lipinski definition) is 4. The minimum atomic E-state index is -1.04. The molecular weight excluding hydrogens is 200 g/mol. The number of methoxy groups -OCH3 is 1. The van der Waals surface area contributed by atoms with Gasteiger partial charge in [-0.3, -0.25) is 0 Å². The summed E-state index contributed by atoms with van der Waals surface area (Å²) in [6.45, 7) is 1.92. The highest BCUT2D eigenvalue weighted by molar-refractivity contribution is 5.77. The molecule has 0 aliphatic carbocycles. The lowest BCUT2D eigenvalue weighted by molar-refractivity contribution is -0.179. The van der Waals surface area contributed by atoms with E-state index in [0.717, 1.165) is 0 Å². The van der Waals surface area contributed by atoms with Crippen molar-refractivity contribution in [2.24, 2.45) is 0 Å². The summed E-state index contributed by atoms with van der Waals surface area (Å²) in [5.74, 6) is -0.886. The van der Waals surface area contributed by atoms with Gasteiger partial charge in [-0.2, -0.15) is 0 Å². The fraction of sp³-hybridized carbons (Fsp3) is 0.900. The monoisotopic (exact) mass is 218 g/mol. The highest BCUT2D eigenvalue weighted by atomic mass is 16.5. The van der Waals surface area contributed by atoms with E-state index in [1.807, 2.05) is 0 Å². The summed E-state index contributed by atoms with van der Waals surface area (Å²) in [4.78, 5) is 11.1. The number of carboxylic acid groups (broad SMARTS) is 1. The number of hydrogen-bond donors (Lipinski definition) is 1. The van der Waals surface area contributed by atoms with Crippen molar-refractivity contribution in [3.8, 4) is 0 Å². The lowest BCUT2D eigenvalue weighted by Gasteiger charge is -2.33. The maximum absolute atomic E-state index is 11.1. The Morgan fingerprint density at radius 1 is 1.40 bits per heavy atom. The van der Waals surface area contributed by atoms with Crippen LogP contribution in [0.4, 0.5) is 0 Å². The molecule has 0 atom stereocenters. The van der Waals surface area contributed by atoms with Gasteiger partial charge < -0.3 is 19.3 Å². The van der Waals surface area contributed by atoms with Crippen LogP contribution in [0.2, 0.25) is 0 Å². The van der Waals surface area contributed by atoms with E-state index in [1.165, 1.54) is 0 Å². The molecule has 0 bridgehead atoms. The Morgan fingerprint density at radius 3 is 2.60 bits per heavy atom. The number of aliphatic carboxylic acids is 1. The highest BCUT2D eigenvalue weighted by Gasteiger charge is 2.41.